The Morgan fingerprint density at radius 3 is 2.00 bits per heavy atom. The molecule has 2 rings (SSSR count). The molecule has 11 heteroatoms. The van der Waals surface area contributed by atoms with Gasteiger partial charge >= 0.3 is 41.5 Å². The number of ether oxygens (including phenoxy) is 2. The van der Waals surface area contributed by atoms with Crippen LogP contribution in [0.4, 0.5) is 5.69 Å². The summed E-state index contributed by atoms with van der Waals surface area (Å²) in [5, 5.41) is 23.4. The van der Waals surface area contributed by atoms with Crippen molar-refractivity contribution in [3.8, 4) is 11.6 Å². The Morgan fingerprint density at radius 1 is 1.04 bits per heavy atom. The Morgan fingerprint density at radius 2 is 1.54 bits per heavy atom. The van der Waals surface area contributed by atoms with Gasteiger partial charge in [-0.3, -0.25) is 19.5 Å². The van der Waals surface area contributed by atoms with Crippen LogP contribution in [0.25, 0.3) is 5.69 Å². The topological polar surface area (TPSA) is 141 Å². The molecule has 0 saturated carbocycles. The van der Waals surface area contributed by atoms with E-state index < -0.39 is 39.4 Å². The van der Waals surface area contributed by atoms with Gasteiger partial charge in [-0.15, -0.1) is 0 Å². The number of carbonyl (C=O) groups excluding carboxylic acids is 2. The average molecular weight is 398 g/mol. The molecule has 28 heavy (non-hydrogen) atoms. The van der Waals surface area contributed by atoms with E-state index in [0.717, 1.165) is 30.3 Å². The molecule has 10 nitrogen and oxygen atoms in total. The largest absolute Gasteiger partial charge is 1.00 e. The third-order valence-corrected chi connectivity index (χ3v) is 3.47. The molecular formula is C17H15N2NaO8. The summed E-state index contributed by atoms with van der Waals surface area (Å²) in [7, 11) is 0. The fourth-order valence-electron chi connectivity index (χ4n) is 2.27. The van der Waals surface area contributed by atoms with Crippen LogP contribution in [0.3, 0.4) is 0 Å². The Hall–Kier alpha value is -2.69. The molecule has 0 atom stereocenters. The van der Waals surface area contributed by atoms with Crippen molar-refractivity contribution >= 4 is 17.6 Å². The molecule has 142 valence electrons. The van der Waals surface area contributed by atoms with Gasteiger partial charge in [-0.2, -0.15) is 0 Å². The molecule has 0 radical (unpaired) electrons. The number of nitrogens with zero attached hydrogens (tertiary/aromatic N) is 2. The maximum absolute atomic E-state index is 12.6. The van der Waals surface area contributed by atoms with E-state index in [1.807, 2.05) is 0 Å². The minimum absolute atomic E-state index is 0. The normalized spacial score (nSPS) is 9.93. The second-order valence-corrected chi connectivity index (χ2v) is 5.13. The average Bonchev–Trinajstić information content (AvgIpc) is 2.62. The van der Waals surface area contributed by atoms with E-state index in [2.05, 4.69) is 0 Å². The van der Waals surface area contributed by atoms with Crippen molar-refractivity contribution in [1.29, 1.82) is 0 Å². The van der Waals surface area contributed by atoms with E-state index in [4.69, 9.17) is 9.47 Å². The van der Waals surface area contributed by atoms with Crippen LogP contribution in [0.2, 0.25) is 0 Å². The molecule has 1 aromatic heterocycles. The van der Waals surface area contributed by atoms with E-state index >= 15 is 0 Å². The maximum atomic E-state index is 12.6. The van der Waals surface area contributed by atoms with Gasteiger partial charge in [-0.05, 0) is 37.9 Å². The fraction of sp³-hybridized carbons (Fsp3) is 0.235. The van der Waals surface area contributed by atoms with Crippen molar-refractivity contribution in [1.82, 2.24) is 4.57 Å². The molecular weight excluding hydrogens is 383 g/mol. The number of non-ortho nitro benzene ring substituents is 1. The number of hydrogen-bond acceptors (Lipinski definition) is 8. The summed E-state index contributed by atoms with van der Waals surface area (Å²) in [5.74, 6) is -3.03. The molecule has 0 fully saturated rings. The van der Waals surface area contributed by atoms with Crippen LogP contribution < -0.4 is 40.2 Å². The van der Waals surface area contributed by atoms with Gasteiger partial charge in [0, 0.05) is 17.8 Å². The summed E-state index contributed by atoms with van der Waals surface area (Å²) >= 11 is 0. The zero-order chi connectivity index (χ0) is 20.1. The summed E-state index contributed by atoms with van der Waals surface area (Å²) in [5.41, 5.74) is -2.38. The molecule has 1 aromatic carbocycles. The van der Waals surface area contributed by atoms with E-state index in [1.54, 1.807) is 0 Å². The zero-order valence-electron chi connectivity index (χ0n) is 15.5. The number of esters is 2. The number of benzene rings is 1. The first-order valence-electron chi connectivity index (χ1n) is 7.87. The van der Waals surface area contributed by atoms with Crippen LogP contribution >= 0.6 is 0 Å². The summed E-state index contributed by atoms with van der Waals surface area (Å²) in [4.78, 5) is 46.9. The molecule has 2 aromatic rings. The summed E-state index contributed by atoms with van der Waals surface area (Å²) in [6.07, 6.45) is 0. The van der Waals surface area contributed by atoms with Gasteiger partial charge in [0.1, 0.15) is 5.56 Å². The Balaban J connectivity index is 0.00000392. The van der Waals surface area contributed by atoms with Crippen molar-refractivity contribution in [3.05, 3.63) is 61.9 Å². The van der Waals surface area contributed by atoms with Gasteiger partial charge in [-0.1, -0.05) is 0 Å². The van der Waals surface area contributed by atoms with E-state index in [0.29, 0.717) is 4.57 Å². The number of pyridine rings is 1. The standard InChI is InChI=1S/C17H16N2O8.Na/c1-3-26-16(22)12-9-13(17(23)27-4-2)15(21)18(14(12)20)10-5-7-11(8-6-10)19(24)25;/h5-9,20H,3-4H2,1-2H3;/q;+1/p-1. The molecule has 0 aliphatic heterocycles. The molecule has 0 N–H and O–H groups in total. The van der Waals surface area contributed by atoms with Gasteiger partial charge in [0.15, 0.2) is 0 Å². The molecule has 0 aliphatic carbocycles. The number of nitro benzene ring substituents is 1. The molecule has 0 spiro atoms. The number of nitro groups is 1. The monoisotopic (exact) mass is 398 g/mol. The van der Waals surface area contributed by atoms with Crippen LogP contribution in [-0.2, 0) is 9.47 Å². The quantitative estimate of drug-likeness (QED) is 0.240. The number of rotatable bonds is 6. The van der Waals surface area contributed by atoms with Gasteiger partial charge < -0.3 is 14.6 Å². The summed E-state index contributed by atoms with van der Waals surface area (Å²) in [6.45, 7) is 3.01. The molecule has 0 amide bonds. The van der Waals surface area contributed by atoms with Crippen LogP contribution in [0, 0.1) is 10.1 Å². The zero-order valence-corrected chi connectivity index (χ0v) is 17.5. The van der Waals surface area contributed by atoms with Crippen molar-refractivity contribution in [2.24, 2.45) is 0 Å². The van der Waals surface area contributed by atoms with E-state index in [1.165, 1.54) is 13.8 Å². The summed E-state index contributed by atoms with van der Waals surface area (Å²) in [6, 6.07) is 5.32. The van der Waals surface area contributed by atoms with Crippen LogP contribution in [-0.4, -0.2) is 34.6 Å². The SMILES string of the molecule is CCOC(=O)c1cc(C(=O)OCC)c(=O)n(-c2ccc([N+](=O)[O-])cc2)c1[O-].[Na+]. The van der Waals surface area contributed by atoms with Crippen LogP contribution in [0.1, 0.15) is 34.6 Å². The van der Waals surface area contributed by atoms with Crippen LogP contribution in [0.5, 0.6) is 5.88 Å². The third kappa shape index (κ3) is 4.77. The second kappa shape index (κ2) is 10.0. The molecule has 0 aliphatic rings. The number of aromatic nitrogens is 1. The minimum atomic E-state index is -1.01. The maximum Gasteiger partial charge on any atom is 1.00 e. The van der Waals surface area contributed by atoms with Gasteiger partial charge in [0.05, 0.1) is 23.7 Å². The smallest absolute Gasteiger partial charge is 0.859 e. The second-order valence-electron chi connectivity index (χ2n) is 5.13. The number of hydrogen-bond donors (Lipinski definition) is 0. The molecule has 0 unspecified atom stereocenters. The first-order valence-corrected chi connectivity index (χ1v) is 7.87. The minimum Gasteiger partial charge on any atom is -0.859 e. The van der Waals surface area contributed by atoms with Crippen molar-refractivity contribution in [2.75, 3.05) is 13.2 Å². The van der Waals surface area contributed by atoms with Crippen molar-refractivity contribution in [3.63, 3.8) is 0 Å². The Bertz CT molecular complexity index is 953. The van der Waals surface area contributed by atoms with Crippen molar-refractivity contribution < 1.29 is 58.6 Å². The van der Waals surface area contributed by atoms with E-state index in [-0.39, 0.29) is 54.1 Å². The molecule has 0 bridgehead atoms. The van der Waals surface area contributed by atoms with Crippen LogP contribution in [0.15, 0.2) is 35.1 Å². The molecule has 0 saturated heterocycles. The van der Waals surface area contributed by atoms with Gasteiger partial charge in [0.25, 0.3) is 11.2 Å². The third-order valence-electron chi connectivity index (χ3n) is 3.47. The number of carbonyl (C=O) groups is 2. The van der Waals surface area contributed by atoms with Crippen molar-refractivity contribution in [2.45, 2.75) is 13.8 Å². The Labute approximate surface area is 181 Å². The van der Waals surface area contributed by atoms with Gasteiger partial charge in [0.2, 0.25) is 0 Å². The first kappa shape index (κ1) is 23.3. The predicted octanol–water partition coefficient (Wildman–Crippen LogP) is -1.82. The first-order chi connectivity index (χ1) is 12.8. The Kier molecular flexibility index (Phi) is 8.35. The van der Waals surface area contributed by atoms with Gasteiger partial charge in [-0.25, -0.2) is 9.59 Å². The fourth-order valence-corrected chi connectivity index (χ4v) is 2.27. The predicted molar refractivity (Wildman–Crippen MR) is 90.1 cm³/mol. The summed E-state index contributed by atoms with van der Waals surface area (Å²) < 4.78 is 10.1. The van der Waals surface area contributed by atoms with E-state index in [9.17, 15) is 29.6 Å². The molecule has 1 heterocycles.